The summed E-state index contributed by atoms with van der Waals surface area (Å²) in [7, 11) is 5.74. The number of nitrogens with zero attached hydrogens (tertiary/aromatic N) is 2. The second-order valence-electron chi connectivity index (χ2n) is 10.4. The van der Waals surface area contributed by atoms with E-state index in [0.29, 0.717) is 29.7 Å². The van der Waals surface area contributed by atoms with Gasteiger partial charge in [-0.25, -0.2) is 0 Å². The summed E-state index contributed by atoms with van der Waals surface area (Å²) in [6.45, 7) is 4.88. The summed E-state index contributed by atoms with van der Waals surface area (Å²) < 4.78 is 0. The summed E-state index contributed by atoms with van der Waals surface area (Å²) >= 11 is 0. The van der Waals surface area contributed by atoms with Gasteiger partial charge in [0.25, 0.3) is 0 Å². The molecular weight excluding hydrogens is 336 g/mol. The van der Waals surface area contributed by atoms with Crippen molar-refractivity contribution in [2.45, 2.75) is 64.8 Å². The first-order valence-electron chi connectivity index (χ1n) is 10.8. The van der Waals surface area contributed by atoms with Crippen LogP contribution in [-0.4, -0.2) is 48.8 Å². The Kier molecular flexibility index (Phi) is 4.47. The number of likely N-dealkylation sites (N-methyl/N-ethyl adjacent to an activating group) is 1. The van der Waals surface area contributed by atoms with Gasteiger partial charge in [0.15, 0.2) is 0 Å². The zero-order valence-electron chi connectivity index (χ0n) is 17.7. The molecule has 1 heterocycles. The third-order valence-corrected chi connectivity index (χ3v) is 9.24. The summed E-state index contributed by atoms with van der Waals surface area (Å²) in [5.74, 6) is 3.15. The summed E-state index contributed by atoms with van der Waals surface area (Å²) in [4.78, 5) is 28.3. The Balaban J connectivity index is 1.58. The van der Waals surface area contributed by atoms with Crippen molar-refractivity contribution >= 4 is 11.8 Å². The predicted molar refractivity (Wildman–Crippen MR) is 107 cm³/mol. The molecule has 2 amide bonds. The number of hydrogen-bond acceptors (Lipinski definition) is 2. The molecule has 4 nitrogen and oxygen atoms in total. The minimum absolute atomic E-state index is 0.116. The fraction of sp³-hybridized carbons (Fsp3) is 0.826. The first-order chi connectivity index (χ1) is 12.7. The molecule has 0 bridgehead atoms. The number of carbonyl (C=O) groups excluding carboxylic acids is 2. The minimum atomic E-state index is 0.116. The predicted octanol–water partition coefficient (Wildman–Crippen LogP) is 3.72. The lowest BCUT2D eigenvalue weighted by Gasteiger charge is -2.60. The number of rotatable bonds is 2. The molecule has 150 valence electrons. The van der Waals surface area contributed by atoms with Crippen LogP contribution in [0.2, 0.25) is 0 Å². The van der Waals surface area contributed by atoms with Crippen LogP contribution in [0.15, 0.2) is 12.2 Å². The van der Waals surface area contributed by atoms with E-state index in [1.807, 2.05) is 32.1 Å². The Morgan fingerprint density at radius 2 is 1.89 bits per heavy atom. The molecule has 4 heteroatoms. The van der Waals surface area contributed by atoms with Gasteiger partial charge >= 0.3 is 0 Å². The van der Waals surface area contributed by atoms with Crippen molar-refractivity contribution in [2.75, 3.05) is 21.1 Å². The molecular formula is C23H36N2O2. The molecule has 0 saturated heterocycles. The van der Waals surface area contributed by atoms with Crippen molar-refractivity contribution in [3.05, 3.63) is 12.2 Å². The molecule has 4 aliphatic rings. The SMILES string of the molecule is CN(C)C(=O)C[C@H]1CC[C@H]2C3CC[C@H]4N(C)C(=O)C=C[C@]4(C)C3CC[C@]12C. The van der Waals surface area contributed by atoms with E-state index in [9.17, 15) is 9.59 Å². The maximum absolute atomic E-state index is 12.4. The first kappa shape index (κ1) is 19.0. The molecule has 3 saturated carbocycles. The highest BCUT2D eigenvalue weighted by Crippen LogP contribution is 2.65. The van der Waals surface area contributed by atoms with Crippen molar-refractivity contribution in [1.29, 1.82) is 0 Å². The Bertz CT molecular complexity index is 671. The third kappa shape index (κ3) is 2.69. The normalized spacial score (nSPS) is 45.9. The van der Waals surface area contributed by atoms with Crippen LogP contribution in [0.25, 0.3) is 0 Å². The van der Waals surface area contributed by atoms with E-state index >= 15 is 0 Å². The van der Waals surface area contributed by atoms with Crippen molar-refractivity contribution in [1.82, 2.24) is 9.80 Å². The molecule has 0 aromatic rings. The number of hydrogen-bond donors (Lipinski definition) is 0. The van der Waals surface area contributed by atoms with E-state index in [4.69, 9.17) is 0 Å². The lowest BCUT2D eigenvalue weighted by molar-refractivity contribution is -0.139. The molecule has 0 N–H and O–H groups in total. The Hall–Kier alpha value is -1.32. The van der Waals surface area contributed by atoms with Crippen LogP contribution in [-0.2, 0) is 9.59 Å². The Morgan fingerprint density at radius 1 is 1.15 bits per heavy atom. The lowest BCUT2D eigenvalue weighted by Crippen LogP contribution is -2.59. The molecule has 4 rings (SSSR count). The Morgan fingerprint density at radius 3 is 2.59 bits per heavy atom. The highest BCUT2D eigenvalue weighted by Gasteiger charge is 2.60. The van der Waals surface area contributed by atoms with Gasteiger partial charge in [0.1, 0.15) is 0 Å². The van der Waals surface area contributed by atoms with Crippen LogP contribution in [0, 0.1) is 34.5 Å². The zero-order chi connectivity index (χ0) is 19.6. The van der Waals surface area contributed by atoms with E-state index < -0.39 is 0 Å². The number of amides is 2. The van der Waals surface area contributed by atoms with Crippen LogP contribution in [0.3, 0.4) is 0 Å². The molecule has 2 unspecified atom stereocenters. The monoisotopic (exact) mass is 372 g/mol. The van der Waals surface area contributed by atoms with Gasteiger partial charge in [0.2, 0.25) is 11.8 Å². The first-order valence-corrected chi connectivity index (χ1v) is 10.8. The maximum atomic E-state index is 12.4. The van der Waals surface area contributed by atoms with Crippen molar-refractivity contribution in [3.63, 3.8) is 0 Å². The second-order valence-corrected chi connectivity index (χ2v) is 10.4. The topological polar surface area (TPSA) is 40.6 Å². The largest absolute Gasteiger partial charge is 0.349 e. The van der Waals surface area contributed by atoms with Gasteiger partial charge in [-0.2, -0.15) is 0 Å². The molecule has 0 radical (unpaired) electrons. The summed E-state index contributed by atoms with van der Waals surface area (Å²) in [5.41, 5.74) is 0.431. The number of fused-ring (bicyclic) bond motifs is 5. The molecule has 3 aliphatic carbocycles. The van der Waals surface area contributed by atoms with E-state index in [0.717, 1.165) is 18.3 Å². The highest BCUT2D eigenvalue weighted by atomic mass is 16.2. The quantitative estimate of drug-likeness (QED) is 0.741. The van der Waals surface area contributed by atoms with Gasteiger partial charge in [-0.05, 0) is 73.7 Å². The van der Waals surface area contributed by atoms with Gasteiger partial charge in [0.05, 0.1) is 0 Å². The second kappa shape index (κ2) is 6.35. The molecule has 0 aromatic heterocycles. The van der Waals surface area contributed by atoms with Crippen LogP contribution >= 0.6 is 0 Å². The van der Waals surface area contributed by atoms with Crippen molar-refractivity contribution in [2.24, 2.45) is 34.5 Å². The smallest absolute Gasteiger partial charge is 0.246 e. The van der Waals surface area contributed by atoms with Gasteiger partial charge in [-0.1, -0.05) is 19.9 Å². The van der Waals surface area contributed by atoms with Crippen LogP contribution in [0.1, 0.15) is 58.8 Å². The van der Waals surface area contributed by atoms with Crippen LogP contribution in [0.5, 0.6) is 0 Å². The maximum Gasteiger partial charge on any atom is 0.246 e. The van der Waals surface area contributed by atoms with E-state index in [1.54, 1.807) is 4.90 Å². The van der Waals surface area contributed by atoms with Crippen molar-refractivity contribution in [3.8, 4) is 0 Å². The third-order valence-electron chi connectivity index (χ3n) is 9.24. The molecule has 7 atom stereocenters. The van der Waals surface area contributed by atoms with Gasteiger partial charge in [-0.3, -0.25) is 9.59 Å². The summed E-state index contributed by atoms with van der Waals surface area (Å²) in [5, 5.41) is 0. The average Bonchev–Trinajstić information content (AvgIpc) is 2.95. The van der Waals surface area contributed by atoms with Gasteiger partial charge in [0, 0.05) is 39.0 Å². The van der Waals surface area contributed by atoms with E-state index in [1.165, 1.54) is 32.1 Å². The molecule has 1 aliphatic heterocycles. The van der Waals surface area contributed by atoms with E-state index in [-0.39, 0.29) is 17.2 Å². The number of carbonyl (C=O) groups is 2. The van der Waals surface area contributed by atoms with Crippen LogP contribution < -0.4 is 0 Å². The van der Waals surface area contributed by atoms with E-state index in [2.05, 4.69) is 19.9 Å². The molecule has 27 heavy (non-hydrogen) atoms. The lowest BCUT2D eigenvalue weighted by atomic mass is 9.47. The summed E-state index contributed by atoms with van der Waals surface area (Å²) in [6, 6.07) is 0.355. The average molecular weight is 373 g/mol. The summed E-state index contributed by atoms with van der Waals surface area (Å²) in [6.07, 6.45) is 12.1. The van der Waals surface area contributed by atoms with Crippen molar-refractivity contribution < 1.29 is 9.59 Å². The standard InChI is InChI=1S/C23H36N2O2/c1-22-12-10-18-16(17(22)8-6-15(22)14-21(27)24(3)4)7-9-19-23(18,2)13-11-20(26)25(19)5/h11,13,15-19H,6-10,12,14H2,1-5H3/t15-,16?,17+,18?,19-,22-,23-/m1/s1. The molecule has 3 fully saturated rings. The fourth-order valence-corrected chi connectivity index (χ4v) is 7.58. The van der Waals surface area contributed by atoms with Gasteiger partial charge in [-0.15, -0.1) is 0 Å². The molecule has 0 spiro atoms. The highest BCUT2D eigenvalue weighted by molar-refractivity contribution is 5.89. The minimum Gasteiger partial charge on any atom is -0.349 e. The molecule has 0 aromatic carbocycles. The Labute approximate surface area is 164 Å². The fourth-order valence-electron chi connectivity index (χ4n) is 7.58. The van der Waals surface area contributed by atoms with Crippen LogP contribution in [0.4, 0.5) is 0 Å². The zero-order valence-corrected chi connectivity index (χ0v) is 17.7. The van der Waals surface area contributed by atoms with Gasteiger partial charge < -0.3 is 9.80 Å².